The largest absolute Gasteiger partial charge is 0.507 e. The number of ether oxygens (including phenoxy) is 1. The number of Topliss-reactive ketones (excluding diaryl/α,β-unsaturated/α-hetero) is 1. The quantitative estimate of drug-likeness (QED) is 0.367. The molecule has 1 saturated heterocycles. The molecule has 1 unspecified atom stereocenters. The van der Waals surface area contributed by atoms with Crippen molar-refractivity contribution in [3.63, 3.8) is 0 Å². The van der Waals surface area contributed by atoms with Crippen molar-refractivity contribution in [2.24, 2.45) is 0 Å². The number of methoxy groups -OCH3 is 1. The van der Waals surface area contributed by atoms with Crippen molar-refractivity contribution in [3.05, 3.63) is 87.1 Å². The molecule has 1 atom stereocenters. The average molecular weight is 420 g/mol. The average Bonchev–Trinajstić information content (AvgIpc) is 3.35. The van der Waals surface area contributed by atoms with Crippen molar-refractivity contribution in [2.75, 3.05) is 12.0 Å². The van der Waals surface area contributed by atoms with Gasteiger partial charge in [-0.25, -0.2) is 0 Å². The summed E-state index contributed by atoms with van der Waals surface area (Å²) in [5.74, 6) is -1.16. The maximum Gasteiger partial charge on any atom is 0.300 e. The molecule has 152 valence electrons. The van der Waals surface area contributed by atoms with Crippen LogP contribution in [0.2, 0.25) is 0 Å². The van der Waals surface area contributed by atoms with Crippen LogP contribution in [0.1, 0.15) is 27.6 Å². The number of aliphatic hydroxyl groups excluding tert-OH is 1. The first-order valence-corrected chi connectivity index (χ1v) is 10.4. The summed E-state index contributed by atoms with van der Waals surface area (Å²) < 4.78 is 5.40. The number of nitrogens with zero attached hydrogens (tertiary/aromatic N) is 1. The fraction of sp³-hybridized carbons (Fsp3) is 0.167. The van der Waals surface area contributed by atoms with E-state index in [4.69, 9.17) is 4.74 Å². The van der Waals surface area contributed by atoms with Crippen LogP contribution < -0.4 is 9.64 Å². The van der Waals surface area contributed by atoms with Gasteiger partial charge in [0.2, 0.25) is 0 Å². The summed E-state index contributed by atoms with van der Waals surface area (Å²) in [5, 5.41) is 13.1. The highest BCUT2D eigenvalue weighted by Crippen LogP contribution is 2.45. The molecular weight excluding hydrogens is 398 g/mol. The van der Waals surface area contributed by atoms with E-state index in [1.54, 1.807) is 12.1 Å². The normalized spacial score (nSPS) is 18.1. The van der Waals surface area contributed by atoms with Crippen LogP contribution in [0.4, 0.5) is 5.69 Å². The zero-order valence-corrected chi connectivity index (χ0v) is 17.7. The Balaban J connectivity index is 1.98. The summed E-state index contributed by atoms with van der Waals surface area (Å²) in [5.41, 5.74) is 2.87. The third-order valence-electron chi connectivity index (χ3n) is 5.24. The van der Waals surface area contributed by atoms with Gasteiger partial charge in [-0.3, -0.25) is 14.5 Å². The molecule has 6 heteroatoms. The van der Waals surface area contributed by atoms with Crippen LogP contribution in [0.3, 0.4) is 0 Å². The number of benzene rings is 2. The minimum atomic E-state index is -0.712. The van der Waals surface area contributed by atoms with Crippen LogP contribution in [-0.2, 0) is 9.59 Å². The Morgan fingerprint density at radius 3 is 2.50 bits per heavy atom. The molecule has 2 aromatic carbocycles. The number of hydrogen-bond donors (Lipinski definition) is 1. The van der Waals surface area contributed by atoms with E-state index in [9.17, 15) is 14.7 Å². The summed E-state index contributed by atoms with van der Waals surface area (Å²) in [6, 6.07) is 15.8. The standard InChI is InChI=1S/C24H21NO4S/c1-14-10-11-18(29-3)16(13-14)22(26)20-21(19-9-6-12-30-19)25(24(28)23(20)27)17-8-5-4-7-15(17)2/h4-13,21,26H,1-3H3/b22-20-. The molecule has 3 aromatic rings. The van der Waals surface area contributed by atoms with E-state index in [1.165, 1.54) is 23.3 Å². The lowest BCUT2D eigenvalue weighted by Gasteiger charge is -2.25. The molecule has 1 aromatic heterocycles. The van der Waals surface area contributed by atoms with Gasteiger partial charge >= 0.3 is 0 Å². The number of para-hydroxylation sites is 1. The molecule has 1 aliphatic rings. The minimum Gasteiger partial charge on any atom is -0.507 e. The molecule has 0 radical (unpaired) electrons. The first-order valence-electron chi connectivity index (χ1n) is 9.49. The fourth-order valence-corrected chi connectivity index (χ4v) is 4.61. The Morgan fingerprint density at radius 1 is 1.07 bits per heavy atom. The molecular formula is C24H21NO4S. The minimum absolute atomic E-state index is 0.0644. The number of thiophene rings is 1. The van der Waals surface area contributed by atoms with Gasteiger partial charge in [-0.15, -0.1) is 11.3 Å². The summed E-state index contributed by atoms with van der Waals surface area (Å²) in [7, 11) is 1.50. The van der Waals surface area contributed by atoms with Crippen LogP contribution >= 0.6 is 11.3 Å². The Morgan fingerprint density at radius 2 is 1.83 bits per heavy atom. The Kier molecular flexibility index (Phi) is 5.18. The van der Waals surface area contributed by atoms with Gasteiger partial charge < -0.3 is 9.84 Å². The van der Waals surface area contributed by atoms with Gasteiger partial charge in [-0.2, -0.15) is 0 Å². The highest BCUT2D eigenvalue weighted by Gasteiger charge is 2.48. The SMILES string of the molecule is COc1ccc(C)cc1/C(O)=C1/C(=O)C(=O)N(c2ccccc2C)C1c1cccs1. The third-order valence-corrected chi connectivity index (χ3v) is 6.17. The molecule has 0 spiro atoms. The van der Waals surface area contributed by atoms with Crippen molar-refractivity contribution in [1.82, 2.24) is 0 Å². The number of aliphatic hydroxyl groups is 1. The molecule has 1 amide bonds. The number of amides is 1. The Labute approximate surface area is 178 Å². The predicted molar refractivity (Wildman–Crippen MR) is 118 cm³/mol. The highest BCUT2D eigenvalue weighted by molar-refractivity contribution is 7.10. The van der Waals surface area contributed by atoms with Gasteiger partial charge in [-0.05, 0) is 49.1 Å². The molecule has 2 heterocycles. The lowest BCUT2D eigenvalue weighted by Crippen LogP contribution is -2.29. The Bertz CT molecular complexity index is 1160. The summed E-state index contributed by atoms with van der Waals surface area (Å²) in [4.78, 5) is 28.6. The first kappa shape index (κ1) is 19.9. The van der Waals surface area contributed by atoms with E-state index in [0.29, 0.717) is 17.0 Å². The van der Waals surface area contributed by atoms with Crippen LogP contribution in [-0.4, -0.2) is 23.9 Å². The van der Waals surface area contributed by atoms with Gasteiger partial charge in [0.1, 0.15) is 17.6 Å². The topological polar surface area (TPSA) is 66.8 Å². The molecule has 0 aliphatic carbocycles. The molecule has 1 N–H and O–H groups in total. The number of anilines is 1. The van der Waals surface area contributed by atoms with Crippen LogP contribution in [0, 0.1) is 13.8 Å². The van der Waals surface area contributed by atoms with Crippen LogP contribution in [0.25, 0.3) is 5.76 Å². The summed E-state index contributed by atoms with van der Waals surface area (Å²) in [6.07, 6.45) is 0. The number of rotatable bonds is 4. The van der Waals surface area contributed by atoms with E-state index in [1.807, 2.05) is 61.7 Å². The number of carbonyl (C=O) groups is 2. The molecule has 30 heavy (non-hydrogen) atoms. The van der Waals surface area contributed by atoms with Crippen molar-refractivity contribution < 1.29 is 19.4 Å². The fourth-order valence-electron chi connectivity index (χ4n) is 3.78. The lowest BCUT2D eigenvalue weighted by molar-refractivity contribution is -0.132. The molecule has 4 rings (SSSR count). The summed E-state index contributed by atoms with van der Waals surface area (Å²) >= 11 is 1.44. The highest BCUT2D eigenvalue weighted by atomic mass is 32.1. The maximum atomic E-state index is 13.2. The van der Waals surface area contributed by atoms with Gasteiger partial charge in [-0.1, -0.05) is 35.9 Å². The molecule has 1 fully saturated rings. The van der Waals surface area contributed by atoms with E-state index < -0.39 is 17.7 Å². The Hall–Kier alpha value is -3.38. The molecule has 5 nitrogen and oxygen atoms in total. The van der Waals surface area contributed by atoms with E-state index in [-0.39, 0.29) is 11.3 Å². The van der Waals surface area contributed by atoms with Gasteiger partial charge in [0, 0.05) is 10.6 Å². The number of ketones is 1. The number of hydrogen-bond acceptors (Lipinski definition) is 5. The zero-order valence-electron chi connectivity index (χ0n) is 16.9. The van der Waals surface area contributed by atoms with Crippen LogP contribution in [0.5, 0.6) is 5.75 Å². The van der Waals surface area contributed by atoms with E-state index >= 15 is 0 Å². The smallest absolute Gasteiger partial charge is 0.300 e. The van der Waals surface area contributed by atoms with Crippen molar-refractivity contribution >= 4 is 34.5 Å². The number of aryl methyl sites for hydroxylation is 2. The van der Waals surface area contributed by atoms with Crippen molar-refractivity contribution in [3.8, 4) is 5.75 Å². The second kappa shape index (κ2) is 7.80. The maximum absolute atomic E-state index is 13.2. The predicted octanol–water partition coefficient (Wildman–Crippen LogP) is 5.00. The third kappa shape index (κ3) is 3.19. The van der Waals surface area contributed by atoms with Gasteiger partial charge in [0.05, 0.1) is 18.2 Å². The molecule has 1 aliphatic heterocycles. The lowest BCUT2D eigenvalue weighted by atomic mass is 9.98. The zero-order chi connectivity index (χ0) is 21.4. The van der Waals surface area contributed by atoms with E-state index in [0.717, 1.165) is 16.0 Å². The second-order valence-corrected chi connectivity index (χ2v) is 8.15. The van der Waals surface area contributed by atoms with Crippen molar-refractivity contribution in [1.29, 1.82) is 0 Å². The molecule has 0 bridgehead atoms. The van der Waals surface area contributed by atoms with E-state index in [2.05, 4.69) is 0 Å². The summed E-state index contributed by atoms with van der Waals surface area (Å²) in [6.45, 7) is 3.78. The van der Waals surface area contributed by atoms with Crippen molar-refractivity contribution in [2.45, 2.75) is 19.9 Å². The van der Waals surface area contributed by atoms with Gasteiger partial charge in [0.25, 0.3) is 11.7 Å². The monoisotopic (exact) mass is 419 g/mol. The number of carbonyl (C=O) groups excluding carboxylic acids is 2. The van der Waals surface area contributed by atoms with Crippen LogP contribution in [0.15, 0.2) is 65.6 Å². The molecule has 0 saturated carbocycles. The second-order valence-electron chi connectivity index (χ2n) is 7.17. The van der Waals surface area contributed by atoms with Gasteiger partial charge in [0.15, 0.2) is 0 Å². The first-order chi connectivity index (χ1) is 14.4.